The van der Waals surface area contributed by atoms with Gasteiger partial charge >= 0.3 is 0 Å². The van der Waals surface area contributed by atoms with Crippen molar-refractivity contribution in [1.82, 2.24) is 15.2 Å². The number of nitrogens with zero attached hydrogens (tertiary/aromatic N) is 3. The smallest absolute Gasteiger partial charge is 0.277 e. The van der Waals surface area contributed by atoms with E-state index in [0.29, 0.717) is 5.75 Å². The van der Waals surface area contributed by atoms with E-state index >= 15 is 0 Å². The maximum absolute atomic E-state index is 12.2. The molecule has 0 spiro atoms. The second-order valence-electron chi connectivity index (χ2n) is 7.91. The number of carbonyl (C=O) groups excluding carboxylic acids is 1. The van der Waals surface area contributed by atoms with Gasteiger partial charge in [0, 0.05) is 17.3 Å². The zero-order valence-corrected chi connectivity index (χ0v) is 18.9. The van der Waals surface area contributed by atoms with Crippen molar-refractivity contribution in [2.24, 2.45) is 5.10 Å². The summed E-state index contributed by atoms with van der Waals surface area (Å²) in [6.45, 7) is 5.97. The summed E-state index contributed by atoms with van der Waals surface area (Å²) in [7, 11) is 0. The Morgan fingerprint density at radius 3 is 2.58 bits per heavy atom. The fourth-order valence-electron chi connectivity index (χ4n) is 3.37. The van der Waals surface area contributed by atoms with Gasteiger partial charge < -0.3 is 4.74 Å². The van der Waals surface area contributed by atoms with Crippen LogP contribution >= 0.6 is 0 Å². The van der Waals surface area contributed by atoms with Gasteiger partial charge in [0.25, 0.3) is 5.91 Å². The third-order valence-corrected chi connectivity index (χ3v) is 5.30. The second-order valence-corrected chi connectivity index (χ2v) is 7.91. The van der Waals surface area contributed by atoms with Crippen LogP contribution in [0.25, 0.3) is 16.9 Å². The molecule has 0 bridgehead atoms. The lowest BCUT2D eigenvalue weighted by Crippen LogP contribution is -2.24. The van der Waals surface area contributed by atoms with Crippen LogP contribution in [-0.2, 0) is 4.79 Å². The molecule has 0 aliphatic rings. The highest BCUT2D eigenvalue weighted by atomic mass is 16.5. The molecular weight excluding hydrogens is 412 g/mol. The molecule has 4 rings (SSSR count). The summed E-state index contributed by atoms with van der Waals surface area (Å²) in [6.07, 6.45) is 3.51. The number of aromatic nitrogens is 2. The highest BCUT2D eigenvalue weighted by Gasteiger charge is 2.11. The molecule has 1 amide bonds. The molecule has 0 aliphatic carbocycles. The normalized spacial score (nSPS) is 11.0. The van der Waals surface area contributed by atoms with Crippen LogP contribution in [0.4, 0.5) is 0 Å². The molecule has 3 aromatic carbocycles. The average Bonchev–Trinajstić information content (AvgIpc) is 3.25. The van der Waals surface area contributed by atoms with E-state index in [2.05, 4.69) is 16.6 Å². The highest BCUT2D eigenvalue weighted by Crippen LogP contribution is 2.23. The van der Waals surface area contributed by atoms with Gasteiger partial charge in [0.1, 0.15) is 11.4 Å². The lowest BCUT2D eigenvalue weighted by molar-refractivity contribution is -0.123. The molecule has 0 atom stereocenters. The fourth-order valence-corrected chi connectivity index (χ4v) is 3.37. The zero-order valence-electron chi connectivity index (χ0n) is 18.9. The van der Waals surface area contributed by atoms with Crippen LogP contribution in [-0.4, -0.2) is 28.5 Å². The van der Waals surface area contributed by atoms with Crippen LogP contribution in [0.5, 0.6) is 5.75 Å². The number of ether oxygens (including phenoxy) is 1. The van der Waals surface area contributed by atoms with E-state index in [1.54, 1.807) is 6.21 Å². The number of rotatable bonds is 7. The number of hydrogen-bond donors (Lipinski definition) is 1. The van der Waals surface area contributed by atoms with Crippen LogP contribution in [0, 0.1) is 20.8 Å². The molecule has 0 saturated carbocycles. The van der Waals surface area contributed by atoms with Gasteiger partial charge in [-0.3, -0.25) is 4.79 Å². The minimum Gasteiger partial charge on any atom is -0.484 e. The van der Waals surface area contributed by atoms with Crippen LogP contribution in [0.2, 0.25) is 0 Å². The summed E-state index contributed by atoms with van der Waals surface area (Å²) in [6, 6.07) is 23.7. The molecule has 0 unspecified atom stereocenters. The van der Waals surface area contributed by atoms with Crippen molar-refractivity contribution >= 4 is 12.1 Å². The van der Waals surface area contributed by atoms with E-state index in [-0.39, 0.29) is 12.5 Å². The Kier molecular flexibility index (Phi) is 6.64. The van der Waals surface area contributed by atoms with Crippen molar-refractivity contribution in [3.63, 3.8) is 0 Å². The first-order valence-electron chi connectivity index (χ1n) is 10.7. The SMILES string of the molecule is Cc1cccc(-c2nn(-c3ccccc3)cc2/C=N/NC(=O)COc2ccc(C)c(C)c2)c1. The fraction of sp³-hybridized carbons (Fsp3) is 0.148. The van der Waals surface area contributed by atoms with Crippen molar-refractivity contribution in [2.75, 3.05) is 6.61 Å². The molecule has 33 heavy (non-hydrogen) atoms. The summed E-state index contributed by atoms with van der Waals surface area (Å²) in [5.74, 6) is 0.320. The van der Waals surface area contributed by atoms with E-state index in [1.807, 2.05) is 98.4 Å². The molecule has 0 aliphatic heterocycles. The minimum atomic E-state index is -0.336. The predicted molar refractivity (Wildman–Crippen MR) is 131 cm³/mol. The molecule has 6 heteroatoms. The number of carbonyl (C=O) groups is 1. The topological polar surface area (TPSA) is 68.5 Å². The number of hydrogen-bond acceptors (Lipinski definition) is 4. The monoisotopic (exact) mass is 438 g/mol. The number of amides is 1. The molecule has 1 heterocycles. The summed E-state index contributed by atoms with van der Waals surface area (Å²) < 4.78 is 7.38. The van der Waals surface area contributed by atoms with Crippen LogP contribution in [0.15, 0.2) is 84.1 Å². The number of para-hydroxylation sites is 1. The molecule has 0 saturated heterocycles. The first-order chi connectivity index (χ1) is 16.0. The van der Waals surface area contributed by atoms with Gasteiger partial charge in [-0.25, -0.2) is 10.1 Å². The Hall–Kier alpha value is -4.19. The molecule has 6 nitrogen and oxygen atoms in total. The van der Waals surface area contributed by atoms with Gasteiger partial charge in [0.15, 0.2) is 6.61 Å². The number of benzene rings is 3. The molecule has 1 N–H and O–H groups in total. The van der Waals surface area contributed by atoms with Gasteiger partial charge in [0.2, 0.25) is 0 Å². The van der Waals surface area contributed by atoms with Gasteiger partial charge in [-0.05, 0) is 62.2 Å². The summed E-state index contributed by atoms with van der Waals surface area (Å²) in [4.78, 5) is 12.2. The van der Waals surface area contributed by atoms with E-state index in [9.17, 15) is 4.79 Å². The second kappa shape index (κ2) is 9.96. The quantitative estimate of drug-likeness (QED) is 0.326. The number of nitrogens with one attached hydrogen (secondary N) is 1. The van der Waals surface area contributed by atoms with E-state index in [0.717, 1.165) is 33.6 Å². The Labute approximate surface area is 193 Å². The third-order valence-electron chi connectivity index (χ3n) is 5.30. The van der Waals surface area contributed by atoms with Crippen LogP contribution < -0.4 is 10.2 Å². The van der Waals surface area contributed by atoms with E-state index < -0.39 is 0 Å². The standard InChI is InChI=1S/C27H26N4O2/c1-19-8-7-9-22(14-19)27-23(17-31(30-27)24-10-5-4-6-11-24)16-28-29-26(32)18-33-25-13-12-20(2)21(3)15-25/h4-17H,18H2,1-3H3,(H,29,32)/b28-16+. The average molecular weight is 439 g/mol. The molecule has 0 radical (unpaired) electrons. The Balaban J connectivity index is 1.49. The lowest BCUT2D eigenvalue weighted by Gasteiger charge is -2.07. The van der Waals surface area contributed by atoms with Crippen molar-refractivity contribution in [3.8, 4) is 22.7 Å². The maximum Gasteiger partial charge on any atom is 0.277 e. The summed E-state index contributed by atoms with van der Waals surface area (Å²) in [5, 5.41) is 8.91. The van der Waals surface area contributed by atoms with Crippen molar-refractivity contribution in [3.05, 3.63) is 101 Å². The lowest BCUT2D eigenvalue weighted by atomic mass is 10.1. The van der Waals surface area contributed by atoms with Crippen LogP contribution in [0.3, 0.4) is 0 Å². The summed E-state index contributed by atoms with van der Waals surface area (Å²) >= 11 is 0. The van der Waals surface area contributed by atoms with Crippen LogP contribution in [0.1, 0.15) is 22.3 Å². The van der Waals surface area contributed by atoms with Gasteiger partial charge in [-0.15, -0.1) is 0 Å². The van der Waals surface area contributed by atoms with Crippen molar-refractivity contribution < 1.29 is 9.53 Å². The molecule has 166 valence electrons. The number of aryl methyl sites for hydroxylation is 3. The van der Waals surface area contributed by atoms with Crippen molar-refractivity contribution in [1.29, 1.82) is 0 Å². The third kappa shape index (κ3) is 5.54. The number of hydrazone groups is 1. The van der Waals surface area contributed by atoms with Gasteiger partial charge in [-0.2, -0.15) is 10.2 Å². The summed E-state index contributed by atoms with van der Waals surface area (Å²) in [5.41, 5.74) is 9.47. The first kappa shape index (κ1) is 22.0. The first-order valence-corrected chi connectivity index (χ1v) is 10.7. The van der Waals surface area contributed by atoms with Gasteiger partial charge in [-0.1, -0.05) is 48.0 Å². The minimum absolute atomic E-state index is 0.117. The van der Waals surface area contributed by atoms with Crippen molar-refractivity contribution in [2.45, 2.75) is 20.8 Å². The Morgan fingerprint density at radius 2 is 1.82 bits per heavy atom. The predicted octanol–water partition coefficient (Wildman–Crippen LogP) is 4.99. The largest absolute Gasteiger partial charge is 0.484 e. The van der Waals surface area contributed by atoms with Gasteiger partial charge in [0.05, 0.1) is 11.9 Å². The molecule has 1 aromatic heterocycles. The molecule has 0 fully saturated rings. The Morgan fingerprint density at radius 1 is 1.00 bits per heavy atom. The molecule has 4 aromatic rings. The Bertz CT molecular complexity index is 1290. The van der Waals surface area contributed by atoms with E-state index in [1.165, 1.54) is 5.56 Å². The maximum atomic E-state index is 12.2. The highest BCUT2D eigenvalue weighted by molar-refractivity contribution is 5.89. The zero-order chi connectivity index (χ0) is 23.2. The van der Waals surface area contributed by atoms with E-state index in [4.69, 9.17) is 9.84 Å². The molecular formula is C27H26N4O2.